The maximum atomic E-state index is 13.3. The van der Waals surface area contributed by atoms with Crippen molar-refractivity contribution in [2.45, 2.75) is 45.1 Å². The number of piperidine rings is 1. The first-order chi connectivity index (χ1) is 18.9. The van der Waals surface area contributed by atoms with Crippen LogP contribution in [0.1, 0.15) is 47.8 Å². The van der Waals surface area contributed by atoms with Gasteiger partial charge in [0, 0.05) is 49.5 Å². The number of ether oxygens (including phenoxy) is 2. The van der Waals surface area contributed by atoms with Crippen LogP contribution in [0.3, 0.4) is 0 Å². The zero-order valence-corrected chi connectivity index (χ0v) is 22.4. The molecule has 0 N–H and O–H groups in total. The number of fused-ring (bicyclic) bond motifs is 1. The lowest BCUT2D eigenvalue weighted by Gasteiger charge is -2.33. The van der Waals surface area contributed by atoms with E-state index in [1.165, 1.54) is 0 Å². The van der Waals surface area contributed by atoms with Crippen LogP contribution in [0.25, 0.3) is 22.3 Å². The second kappa shape index (κ2) is 10.2. The number of benzene rings is 2. The van der Waals surface area contributed by atoms with Crippen molar-refractivity contribution in [1.29, 1.82) is 5.26 Å². The number of anilines is 1. The van der Waals surface area contributed by atoms with Crippen LogP contribution in [0.4, 0.5) is 5.69 Å². The molecule has 0 amide bonds. The molecule has 2 aromatic carbocycles. The first-order valence-corrected chi connectivity index (χ1v) is 13.4. The summed E-state index contributed by atoms with van der Waals surface area (Å²) in [6, 6.07) is 14.1. The van der Waals surface area contributed by atoms with Crippen LogP contribution in [-0.2, 0) is 11.8 Å². The summed E-state index contributed by atoms with van der Waals surface area (Å²) in [4.78, 5) is 20.2. The molecule has 200 valence electrons. The van der Waals surface area contributed by atoms with Gasteiger partial charge in [0.25, 0.3) is 5.56 Å². The molecule has 0 bridgehead atoms. The van der Waals surface area contributed by atoms with Gasteiger partial charge in [-0.3, -0.25) is 4.79 Å². The molecule has 6 rings (SSSR count). The molecule has 2 aromatic heterocycles. The summed E-state index contributed by atoms with van der Waals surface area (Å²) in [5, 5.41) is 15.1. The summed E-state index contributed by atoms with van der Waals surface area (Å²) < 4.78 is 18.9. The lowest BCUT2D eigenvalue weighted by Crippen LogP contribution is -2.36. The summed E-state index contributed by atoms with van der Waals surface area (Å²) in [6.07, 6.45) is 2.40. The van der Waals surface area contributed by atoms with E-state index in [4.69, 9.17) is 19.0 Å². The van der Waals surface area contributed by atoms with Crippen LogP contribution in [0.15, 0.2) is 45.7 Å². The molecule has 0 aliphatic carbocycles. The molecule has 0 radical (unpaired) electrons. The van der Waals surface area contributed by atoms with Crippen molar-refractivity contribution in [2.24, 2.45) is 7.05 Å². The second-order valence-corrected chi connectivity index (χ2v) is 10.5. The van der Waals surface area contributed by atoms with E-state index >= 15 is 0 Å². The third-order valence-electron chi connectivity index (χ3n) is 7.95. The van der Waals surface area contributed by atoms with Crippen LogP contribution >= 0.6 is 0 Å². The van der Waals surface area contributed by atoms with E-state index in [1.54, 1.807) is 11.6 Å². The molecule has 2 fully saturated rings. The number of hydrogen-bond donors (Lipinski definition) is 0. The van der Waals surface area contributed by atoms with E-state index in [0.29, 0.717) is 43.7 Å². The lowest BCUT2D eigenvalue weighted by atomic mass is 9.95. The molecule has 4 heterocycles. The Labute approximate surface area is 226 Å². The van der Waals surface area contributed by atoms with Crippen LogP contribution in [0.2, 0.25) is 0 Å². The monoisotopic (exact) mass is 525 g/mol. The van der Waals surface area contributed by atoms with Gasteiger partial charge in [0.15, 0.2) is 0 Å². The number of rotatable bonds is 5. The van der Waals surface area contributed by atoms with Crippen molar-refractivity contribution in [1.82, 2.24) is 14.7 Å². The fourth-order valence-corrected chi connectivity index (χ4v) is 5.68. The van der Waals surface area contributed by atoms with Crippen LogP contribution in [0, 0.1) is 25.2 Å². The number of nitrogens with zero attached hydrogens (tertiary/aromatic N) is 5. The number of pyridine rings is 1. The first kappa shape index (κ1) is 25.1. The third kappa shape index (κ3) is 4.55. The van der Waals surface area contributed by atoms with E-state index in [1.807, 2.05) is 50.2 Å². The Bertz CT molecular complexity index is 1640. The molecule has 2 saturated heterocycles. The van der Waals surface area contributed by atoms with E-state index in [2.05, 4.69) is 16.1 Å². The van der Waals surface area contributed by atoms with Crippen LogP contribution in [0.5, 0.6) is 5.75 Å². The van der Waals surface area contributed by atoms with Gasteiger partial charge in [0.05, 0.1) is 24.4 Å². The van der Waals surface area contributed by atoms with Gasteiger partial charge in [-0.15, -0.1) is 0 Å². The molecular formula is C30H31N5O4. The highest BCUT2D eigenvalue weighted by atomic mass is 16.5. The number of nitriles is 1. The highest BCUT2D eigenvalue weighted by Crippen LogP contribution is 2.37. The SMILES string of the molecule is Cc1cc2c(N3CCC(c4nc(-c5ccccc5C)no4)CC3)c(C#N)c(=O)n(C)c2cc1O[C@@H]1CCOC1. The van der Waals surface area contributed by atoms with Gasteiger partial charge in [-0.25, -0.2) is 0 Å². The average molecular weight is 526 g/mol. The highest BCUT2D eigenvalue weighted by Gasteiger charge is 2.29. The fourth-order valence-electron chi connectivity index (χ4n) is 5.68. The van der Waals surface area contributed by atoms with Gasteiger partial charge >= 0.3 is 0 Å². The molecule has 0 spiro atoms. The predicted molar refractivity (Wildman–Crippen MR) is 147 cm³/mol. The Morgan fingerprint density at radius 1 is 1.10 bits per heavy atom. The van der Waals surface area contributed by atoms with E-state index in [9.17, 15) is 10.1 Å². The molecule has 0 unspecified atom stereocenters. The molecular weight excluding hydrogens is 494 g/mol. The summed E-state index contributed by atoms with van der Waals surface area (Å²) in [5.74, 6) is 2.09. The van der Waals surface area contributed by atoms with Gasteiger partial charge in [-0.1, -0.05) is 29.4 Å². The highest BCUT2D eigenvalue weighted by molar-refractivity contribution is 5.96. The van der Waals surface area contributed by atoms with Crippen molar-refractivity contribution >= 4 is 16.6 Å². The minimum absolute atomic E-state index is 0.00563. The quantitative estimate of drug-likeness (QED) is 0.371. The number of aryl methyl sites for hydroxylation is 3. The summed E-state index contributed by atoms with van der Waals surface area (Å²) in [5.41, 5.74) is 4.33. The van der Waals surface area contributed by atoms with Gasteiger partial charge < -0.3 is 23.5 Å². The molecule has 39 heavy (non-hydrogen) atoms. The number of hydrogen-bond acceptors (Lipinski definition) is 8. The van der Waals surface area contributed by atoms with Crippen molar-refractivity contribution < 1.29 is 14.0 Å². The zero-order chi connectivity index (χ0) is 27.1. The first-order valence-electron chi connectivity index (χ1n) is 13.4. The van der Waals surface area contributed by atoms with E-state index < -0.39 is 0 Å². The van der Waals surface area contributed by atoms with Crippen molar-refractivity contribution in [2.75, 3.05) is 31.2 Å². The lowest BCUT2D eigenvalue weighted by molar-refractivity contribution is 0.141. The Balaban J connectivity index is 1.30. The summed E-state index contributed by atoms with van der Waals surface area (Å²) in [7, 11) is 1.71. The van der Waals surface area contributed by atoms with Crippen LogP contribution in [-0.4, -0.2) is 47.1 Å². The molecule has 0 saturated carbocycles. The number of aromatic nitrogens is 3. The van der Waals surface area contributed by atoms with Crippen LogP contribution < -0.4 is 15.2 Å². The van der Waals surface area contributed by atoms with Crippen molar-refractivity contribution in [3.05, 3.63) is 69.3 Å². The van der Waals surface area contributed by atoms with Crippen molar-refractivity contribution in [3.8, 4) is 23.2 Å². The molecule has 2 aliphatic rings. The van der Waals surface area contributed by atoms with Gasteiger partial charge in [0.2, 0.25) is 11.7 Å². The largest absolute Gasteiger partial charge is 0.488 e. The third-order valence-corrected chi connectivity index (χ3v) is 7.95. The fraction of sp³-hybridized carbons (Fsp3) is 0.400. The Morgan fingerprint density at radius 2 is 1.90 bits per heavy atom. The Hall–Kier alpha value is -4.16. The van der Waals surface area contributed by atoms with Gasteiger partial charge in [-0.2, -0.15) is 10.2 Å². The zero-order valence-electron chi connectivity index (χ0n) is 22.4. The smallest absolute Gasteiger partial charge is 0.270 e. The second-order valence-electron chi connectivity index (χ2n) is 10.5. The summed E-state index contributed by atoms with van der Waals surface area (Å²) >= 11 is 0. The van der Waals surface area contributed by atoms with Crippen molar-refractivity contribution in [3.63, 3.8) is 0 Å². The molecule has 9 heteroatoms. The topological polar surface area (TPSA) is 106 Å². The Morgan fingerprint density at radius 3 is 2.62 bits per heavy atom. The van der Waals surface area contributed by atoms with Gasteiger partial charge in [-0.05, 0) is 43.9 Å². The molecule has 2 aliphatic heterocycles. The summed E-state index contributed by atoms with van der Waals surface area (Å²) in [6.45, 7) is 6.62. The molecule has 9 nitrogen and oxygen atoms in total. The molecule has 4 aromatic rings. The minimum Gasteiger partial charge on any atom is -0.488 e. The molecule has 1 atom stereocenters. The predicted octanol–water partition coefficient (Wildman–Crippen LogP) is 4.63. The van der Waals surface area contributed by atoms with Gasteiger partial charge in [0.1, 0.15) is 23.5 Å². The van der Waals surface area contributed by atoms with E-state index in [-0.39, 0.29) is 23.1 Å². The maximum absolute atomic E-state index is 13.3. The normalized spacial score (nSPS) is 18.0. The Kier molecular flexibility index (Phi) is 6.57. The van der Waals surface area contributed by atoms with E-state index in [0.717, 1.165) is 52.6 Å². The average Bonchev–Trinajstić information content (AvgIpc) is 3.65. The maximum Gasteiger partial charge on any atom is 0.270 e. The standard InChI is InChI=1S/C30H31N5O4/c1-18-6-4-5-7-22(18)28-32-29(39-33-28)20-8-11-35(12-9-20)27-23-14-19(2)26(38-21-10-13-37-17-21)15-25(23)34(3)30(36)24(27)16-31/h4-7,14-15,20-21H,8-13,17H2,1-3H3/t21-/m1/s1. The minimum atomic E-state index is -0.305.